The zero-order chi connectivity index (χ0) is 13.4. The van der Waals surface area contributed by atoms with Gasteiger partial charge in [-0.15, -0.1) is 0 Å². The van der Waals surface area contributed by atoms with Crippen molar-refractivity contribution in [1.29, 1.82) is 0 Å². The number of nitrogens with one attached hydrogen (secondary N) is 2. The van der Waals surface area contributed by atoms with Crippen LogP contribution in [0.4, 0.5) is 0 Å². The Morgan fingerprint density at radius 2 is 2.06 bits per heavy atom. The molecule has 0 fully saturated rings. The van der Waals surface area contributed by atoms with Gasteiger partial charge in [-0.3, -0.25) is 14.9 Å². The van der Waals surface area contributed by atoms with Crippen molar-refractivity contribution in [3.05, 3.63) is 35.4 Å². The summed E-state index contributed by atoms with van der Waals surface area (Å²) in [6.07, 6.45) is 0.780. The second-order valence-electron chi connectivity index (χ2n) is 3.63. The average molecular weight is 244 g/mol. The number of carbonyl (C=O) groups excluding carboxylic acids is 2. The van der Waals surface area contributed by atoms with Gasteiger partial charge in [0.15, 0.2) is 0 Å². The summed E-state index contributed by atoms with van der Waals surface area (Å²) < 4.78 is 0. The smallest absolute Gasteiger partial charge is 0.249 e. The first-order chi connectivity index (χ1) is 8.71. The molecule has 1 rings (SSSR count). The van der Waals surface area contributed by atoms with Gasteiger partial charge in [-0.25, -0.2) is 0 Å². The Hall–Kier alpha value is -2.12. The number of likely N-dealkylation sites (N-methyl/N-ethyl adjacent to an activating group) is 2. The Labute approximate surface area is 107 Å². The minimum Gasteiger partial charge on any atom is -0.354 e. The summed E-state index contributed by atoms with van der Waals surface area (Å²) in [4.78, 5) is 22.1. The Bertz CT molecular complexity index is 469. The van der Waals surface area contributed by atoms with E-state index in [0.29, 0.717) is 12.1 Å². The molecule has 94 valence electrons. The molecule has 0 aliphatic rings. The van der Waals surface area contributed by atoms with Crippen LogP contribution in [0.5, 0.6) is 0 Å². The van der Waals surface area contributed by atoms with E-state index in [4.69, 9.17) is 0 Å². The molecule has 0 radical (unpaired) electrons. The monoisotopic (exact) mass is 244 g/mol. The number of rotatable bonds is 4. The van der Waals surface area contributed by atoms with E-state index < -0.39 is 6.04 Å². The van der Waals surface area contributed by atoms with E-state index in [2.05, 4.69) is 22.5 Å². The van der Waals surface area contributed by atoms with Gasteiger partial charge < -0.3 is 5.32 Å². The predicted molar refractivity (Wildman–Crippen MR) is 70.2 cm³/mol. The molecule has 1 amide bonds. The average Bonchev–Trinajstić information content (AvgIpc) is 2.40. The van der Waals surface area contributed by atoms with Crippen molar-refractivity contribution in [1.82, 2.24) is 10.6 Å². The van der Waals surface area contributed by atoms with Crippen molar-refractivity contribution in [3.8, 4) is 11.8 Å². The highest BCUT2D eigenvalue weighted by molar-refractivity contribution is 5.85. The third-order valence-corrected chi connectivity index (χ3v) is 2.31. The van der Waals surface area contributed by atoms with E-state index in [1.807, 2.05) is 6.92 Å². The largest absolute Gasteiger partial charge is 0.354 e. The lowest BCUT2D eigenvalue weighted by atomic mass is 10.1. The third-order valence-electron chi connectivity index (χ3n) is 2.31. The maximum absolute atomic E-state index is 11.6. The predicted octanol–water partition coefficient (Wildman–Crippen LogP) is 0.575. The molecule has 1 aromatic carbocycles. The van der Waals surface area contributed by atoms with Gasteiger partial charge in [-0.1, -0.05) is 24.0 Å². The second-order valence-corrected chi connectivity index (χ2v) is 3.63. The molecule has 0 spiro atoms. The Kier molecular flexibility index (Phi) is 5.62. The molecule has 0 saturated heterocycles. The van der Waals surface area contributed by atoms with Gasteiger partial charge in [0.25, 0.3) is 0 Å². The molecular weight excluding hydrogens is 228 g/mol. The zero-order valence-electron chi connectivity index (χ0n) is 10.5. The number of amides is 1. The van der Waals surface area contributed by atoms with Crippen molar-refractivity contribution < 1.29 is 9.59 Å². The van der Waals surface area contributed by atoms with E-state index in [0.717, 1.165) is 11.8 Å². The quantitative estimate of drug-likeness (QED) is 0.601. The molecule has 4 heteroatoms. The van der Waals surface area contributed by atoms with Crippen molar-refractivity contribution >= 4 is 12.2 Å². The van der Waals surface area contributed by atoms with Crippen molar-refractivity contribution in [2.24, 2.45) is 0 Å². The molecule has 2 N–H and O–H groups in total. The summed E-state index contributed by atoms with van der Waals surface area (Å²) >= 11 is 0. The fourth-order valence-corrected chi connectivity index (χ4v) is 1.35. The van der Waals surface area contributed by atoms with E-state index in [-0.39, 0.29) is 5.91 Å². The van der Waals surface area contributed by atoms with Crippen molar-refractivity contribution in [3.63, 3.8) is 0 Å². The van der Waals surface area contributed by atoms with Crippen molar-refractivity contribution in [2.75, 3.05) is 13.6 Å². The van der Waals surface area contributed by atoms with Gasteiger partial charge in [-0.05, 0) is 26.1 Å². The zero-order valence-corrected chi connectivity index (χ0v) is 10.5. The second kappa shape index (κ2) is 7.25. The molecule has 0 bridgehead atoms. The van der Waals surface area contributed by atoms with Crippen LogP contribution >= 0.6 is 0 Å². The Morgan fingerprint density at radius 1 is 1.39 bits per heavy atom. The lowest BCUT2D eigenvalue weighted by Gasteiger charge is -2.08. The molecule has 0 aliphatic carbocycles. The van der Waals surface area contributed by atoms with Gasteiger partial charge in [0.05, 0.1) is 0 Å². The normalized spacial score (nSPS) is 11.0. The molecule has 18 heavy (non-hydrogen) atoms. The number of benzene rings is 1. The van der Waals surface area contributed by atoms with Gasteiger partial charge in [0, 0.05) is 17.7 Å². The summed E-state index contributed by atoms with van der Waals surface area (Å²) in [6.45, 7) is 2.43. The first-order valence-corrected chi connectivity index (χ1v) is 5.73. The third kappa shape index (κ3) is 4.04. The standard InChI is InChI=1S/C14H16N2O2/c1-3-16-14(18)13(15-2)9-8-11-4-6-12(10-17)7-5-11/h4-7,10,13,15H,3H2,1-2H3,(H,16,18). The molecule has 0 heterocycles. The molecule has 1 aromatic rings. The molecule has 1 unspecified atom stereocenters. The van der Waals surface area contributed by atoms with Crippen LogP contribution in [-0.2, 0) is 4.79 Å². The number of hydrogen-bond donors (Lipinski definition) is 2. The Morgan fingerprint density at radius 3 is 2.56 bits per heavy atom. The van der Waals surface area contributed by atoms with Crippen LogP contribution in [0.1, 0.15) is 22.8 Å². The maximum Gasteiger partial charge on any atom is 0.249 e. The fourth-order valence-electron chi connectivity index (χ4n) is 1.35. The fraction of sp³-hybridized carbons (Fsp3) is 0.286. The summed E-state index contributed by atoms with van der Waals surface area (Å²) in [7, 11) is 1.68. The van der Waals surface area contributed by atoms with Crippen molar-refractivity contribution in [2.45, 2.75) is 13.0 Å². The van der Waals surface area contributed by atoms with Crippen LogP contribution in [-0.4, -0.2) is 31.8 Å². The lowest BCUT2D eigenvalue weighted by molar-refractivity contribution is -0.121. The molecule has 0 saturated carbocycles. The highest BCUT2D eigenvalue weighted by atomic mass is 16.2. The SMILES string of the molecule is CCNC(=O)C(C#Cc1ccc(C=O)cc1)NC. The van der Waals surface area contributed by atoms with E-state index in [1.165, 1.54) is 0 Å². The Balaban J connectivity index is 2.77. The summed E-state index contributed by atoms with van der Waals surface area (Å²) in [6, 6.07) is 6.35. The number of aldehydes is 1. The van der Waals surface area contributed by atoms with Crippen LogP contribution in [0.3, 0.4) is 0 Å². The summed E-state index contributed by atoms with van der Waals surface area (Å²) in [5.74, 6) is 5.60. The highest BCUT2D eigenvalue weighted by Crippen LogP contribution is 2.00. The van der Waals surface area contributed by atoms with Gasteiger partial charge in [-0.2, -0.15) is 0 Å². The minimum atomic E-state index is -0.532. The minimum absolute atomic E-state index is 0.142. The number of hydrogen-bond acceptors (Lipinski definition) is 3. The van der Waals surface area contributed by atoms with Crippen LogP contribution < -0.4 is 10.6 Å². The summed E-state index contributed by atoms with van der Waals surface area (Å²) in [5.41, 5.74) is 1.37. The first kappa shape index (κ1) is 13.9. The maximum atomic E-state index is 11.6. The van der Waals surface area contributed by atoms with Crippen LogP contribution in [0.2, 0.25) is 0 Å². The number of carbonyl (C=O) groups is 2. The molecule has 0 aromatic heterocycles. The van der Waals surface area contributed by atoms with Gasteiger partial charge in [0.2, 0.25) is 5.91 Å². The molecule has 4 nitrogen and oxygen atoms in total. The van der Waals surface area contributed by atoms with E-state index >= 15 is 0 Å². The highest BCUT2D eigenvalue weighted by Gasteiger charge is 2.11. The van der Waals surface area contributed by atoms with Gasteiger partial charge >= 0.3 is 0 Å². The van der Waals surface area contributed by atoms with Crippen LogP contribution in [0, 0.1) is 11.8 Å². The summed E-state index contributed by atoms with van der Waals surface area (Å²) in [5, 5.41) is 5.54. The molecular formula is C14H16N2O2. The molecule has 0 aliphatic heterocycles. The van der Waals surface area contributed by atoms with Crippen LogP contribution in [0.15, 0.2) is 24.3 Å². The van der Waals surface area contributed by atoms with Gasteiger partial charge in [0.1, 0.15) is 12.3 Å². The topological polar surface area (TPSA) is 58.2 Å². The first-order valence-electron chi connectivity index (χ1n) is 5.73. The molecule has 1 atom stereocenters. The lowest BCUT2D eigenvalue weighted by Crippen LogP contribution is -2.41. The van der Waals surface area contributed by atoms with E-state index in [9.17, 15) is 9.59 Å². The van der Waals surface area contributed by atoms with E-state index in [1.54, 1.807) is 31.3 Å². The van der Waals surface area contributed by atoms with Crippen LogP contribution in [0.25, 0.3) is 0 Å².